The smallest absolute Gasteiger partial charge is 0.240 e. The summed E-state index contributed by atoms with van der Waals surface area (Å²) in [5.41, 5.74) is 6.35. The Hall–Kier alpha value is -1.85. The average molecular weight is 218 g/mol. The van der Waals surface area contributed by atoms with Gasteiger partial charge in [0.05, 0.1) is 0 Å². The van der Waals surface area contributed by atoms with E-state index in [1.165, 1.54) is 19.3 Å². The topological polar surface area (TPSA) is 72.3 Å². The molecule has 0 atom stereocenters. The molecule has 1 fully saturated rings. The summed E-state index contributed by atoms with van der Waals surface area (Å²) < 4.78 is 1.69. The lowest BCUT2D eigenvalue weighted by atomic mass is 10.1. The summed E-state index contributed by atoms with van der Waals surface area (Å²) in [7, 11) is 0. The van der Waals surface area contributed by atoms with Gasteiger partial charge in [-0.1, -0.05) is 0 Å². The largest absolute Gasteiger partial charge is 0.366 e. The van der Waals surface area contributed by atoms with Crippen LogP contribution in [0.15, 0.2) is 12.4 Å². The van der Waals surface area contributed by atoms with E-state index in [0.29, 0.717) is 5.95 Å². The summed E-state index contributed by atoms with van der Waals surface area (Å²) in [6.45, 7) is 2.08. The van der Waals surface area contributed by atoms with Gasteiger partial charge in [0.2, 0.25) is 5.95 Å². The molecule has 3 heterocycles. The Bertz CT molecular complexity index is 499. The molecule has 0 amide bonds. The molecule has 16 heavy (non-hydrogen) atoms. The van der Waals surface area contributed by atoms with E-state index < -0.39 is 0 Å². The van der Waals surface area contributed by atoms with E-state index in [1.807, 2.05) is 0 Å². The van der Waals surface area contributed by atoms with Crippen molar-refractivity contribution in [1.82, 2.24) is 19.6 Å². The second-order valence-electron chi connectivity index (χ2n) is 4.04. The number of nitrogen functional groups attached to an aromatic ring is 1. The quantitative estimate of drug-likeness (QED) is 0.762. The Morgan fingerprint density at radius 1 is 1.19 bits per heavy atom. The van der Waals surface area contributed by atoms with Gasteiger partial charge < -0.3 is 10.6 Å². The van der Waals surface area contributed by atoms with Crippen molar-refractivity contribution in [3.63, 3.8) is 0 Å². The Kier molecular flexibility index (Phi) is 2.12. The van der Waals surface area contributed by atoms with Crippen LogP contribution in [0.4, 0.5) is 11.8 Å². The normalized spacial score (nSPS) is 16.9. The molecule has 0 aromatic carbocycles. The van der Waals surface area contributed by atoms with Crippen molar-refractivity contribution in [2.24, 2.45) is 0 Å². The third kappa shape index (κ3) is 1.46. The van der Waals surface area contributed by atoms with Gasteiger partial charge in [-0.25, -0.2) is 9.50 Å². The molecule has 0 radical (unpaired) electrons. The fourth-order valence-corrected chi connectivity index (χ4v) is 2.15. The summed E-state index contributed by atoms with van der Waals surface area (Å²) in [6, 6.07) is 0. The minimum atomic E-state index is 0.297. The van der Waals surface area contributed by atoms with E-state index in [-0.39, 0.29) is 0 Å². The van der Waals surface area contributed by atoms with Crippen molar-refractivity contribution in [2.75, 3.05) is 23.7 Å². The van der Waals surface area contributed by atoms with Crippen LogP contribution in [-0.2, 0) is 0 Å². The van der Waals surface area contributed by atoms with Gasteiger partial charge in [-0.15, -0.1) is 5.10 Å². The molecule has 2 aromatic rings. The van der Waals surface area contributed by atoms with Crippen molar-refractivity contribution in [3.05, 3.63) is 12.4 Å². The van der Waals surface area contributed by atoms with Gasteiger partial charge in [-0.3, -0.25) is 0 Å². The molecule has 6 nitrogen and oxygen atoms in total. The monoisotopic (exact) mass is 218 g/mol. The molecule has 0 spiro atoms. The number of nitrogens with two attached hydrogens (primary N) is 1. The number of hydrogen-bond acceptors (Lipinski definition) is 5. The molecule has 2 aromatic heterocycles. The third-order valence-corrected chi connectivity index (χ3v) is 2.91. The first-order chi connectivity index (χ1) is 7.84. The first kappa shape index (κ1) is 9.38. The molecular formula is C10H14N6. The predicted molar refractivity (Wildman–Crippen MR) is 61.3 cm³/mol. The Morgan fingerprint density at radius 2 is 2.00 bits per heavy atom. The van der Waals surface area contributed by atoms with Gasteiger partial charge in [0, 0.05) is 25.5 Å². The molecule has 0 saturated carbocycles. The average Bonchev–Trinajstić information content (AvgIpc) is 2.70. The maximum atomic E-state index is 5.60. The highest BCUT2D eigenvalue weighted by molar-refractivity contribution is 5.64. The van der Waals surface area contributed by atoms with Crippen LogP contribution < -0.4 is 10.6 Å². The maximum Gasteiger partial charge on any atom is 0.240 e. The molecule has 1 saturated heterocycles. The molecule has 84 valence electrons. The molecule has 3 rings (SSSR count). The number of aromatic nitrogens is 4. The summed E-state index contributed by atoms with van der Waals surface area (Å²) in [6.07, 6.45) is 7.24. The van der Waals surface area contributed by atoms with E-state index in [2.05, 4.69) is 20.0 Å². The third-order valence-electron chi connectivity index (χ3n) is 2.91. The van der Waals surface area contributed by atoms with E-state index in [4.69, 9.17) is 5.73 Å². The second-order valence-corrected chi connectivity index (χ2v) is 4.04. The summed E-state index contributed by atoms with van der Waals surface area (Å²) in [4.78, 5) is 10.9. The number of fused-ring (bicyclic) bond motifs is 1. The van der Waals surface area contributed by atoms with Gasteiger partial charge in [0.1, 0.15) is 0 Å². The van der Waals surface area contributed by atoms with Crippen LogP contribution in [0, 0.1) is 0 Å². The SMILES string of the molecule is Nc1nc2c(N3CCCCC3)nccn2n1. The fraction of sp³-hybridized carbons (Fsp3) is 0.500. The van der Waals surface area contributed by atoms with Crippen LogP contribution in [-0.4, -0.2) is 32.7 Å². The lowest BCUT2D eigenvalue weighted by Gasteiger charge is -2.27. The molecular weight excluding hydrogens is 204 g/mol. The van der Waals surface area contributed by atoms with Gasteiger partial charge >= 0.3 is 0 Å². The van der Waals surface area contributed by atoms with Crippen molar-refractivity contribution in [1.29, 1.82) is 0 Å². The highest BCUT2D eigenvalue weighted by Gasteiger charge is 2.16. The molecule has 1 aliphatic rings. The van der Waals surface area contributed by atoms with E-state index in [1.54, 1.807) is 16.9 Å². The maximum absolute atomic E-state index is 5.60. The first-order valence-electron chi connectivity index (χ1n) is 5.56. The number of piperidine rings is 1. The van der Waals surface area contributed by atoms with Gasteiger partial charge in [0.15, 0.2) is 11.5 Å². The van der Waals surface area contributed by atoms with E-state index >= 15 is 0 Å². The molecule has 0 unspecified atom stereocenters. The van der Waals surface area contributed by atoms with Gasteiger partial charge in [-0.05, 0) is 19.3 Å². The zero-order chi connectivity index (χ0) is 11.0. The highest BCUT2D eigenvalue weighted by Crippen LogP contribution is 2.21. The standard InChI is InChI=1S/C10H14N6/c11-10-13-9-8(12-4-7-16(9)14-10)15-5-2-1-3-6-15/h4,7H,1-3,5-6H2,(H2,11,14). The fourth-order valence-electron chi connectivity index (χ4n) is 2.15. The molecule has 0 aliphatic carbocycles. The number of hydrogen-bond donors (Lipinski definition) is 1. The Morgan fingerprint density at radius 3 is 2.81 bits per heavy atom. The predicted octanol–water partition coefficient (Wildman–Crippen LogP) is 0.697. The minimum Gasteiger partial charge on any atom is -0.366 e. The highest BCUT2D eigenvalue weighted by atomic mass is 15.4. The molecule has 2 N–H and O–H groups in total. The molecule has 6 heteroatoms. The first-order valence-corrected chi connectivity index (χ1v) is 5.56. The van der Waals surface area contributed by atoms with Gasteiger partial charge in [0.25, 0.3) is 0 Å². The molecule has 1 aliphatic heterocycles. The Balaban J connectivity index is 2.07. The van der Waals surface area contributed by atoms with Gasteiger partial charge in [-0.2, -0.15) is 4.98 Å². The van der Waals surface area contributed by atoms with E-state index in [9.17, 15) is 0 Å². The summed E-state index contributed by atoms with van der Waals surface area (Å²) in [5.74, 6) is 1.19. The van der Waals surface area contributed by atoms with Crippen molar-refractivity contribution < 1.29 is 0 Å². The number of nitrogens with zero attached hydrogens (tertiary/aromatic N) is 5. The zero-order valence-electron chi connectivity index (χ0n) is 9.00. The Labute approximate surface area is 93.1 Å². The summed E-state index contributed by atoms with van der Waals surface area (Å²) in [5, 5.41) is 4.09. The lowest BCUT2D eigenvalue weighted by Crippen LogP contribution is -2.30. The van der Waals surface area contributed by atoms with Crippen LogP contribution in [0.25, 0.3) is 5.65 Å². The van der Waals surface area contributed by atoms with Crippen molar-refractivity contribution in [2.45, 2.75) is 19.3 Å². The van der Waals surface area contributed by atoms with Crippen LogP contribution >= 0.6 is 0 Å². The van der Waals surface area contributed by atoms with Crippen molar-refractivity contribution in [3.8, 4) is 0 Å². The van der Waals surface area contributed by atoms with E-state index in [0.717, 1.165) is 24.6 Å². The lowest BCUT2D eigenvalue weighted by molar-refractivity contribution is 0.573. The van der Waals surface area contributed by atoms with Crippen LogP contribution in [0.5, 0.6) is 0 Å². The second kappa shape index (κ2) is 3.62. The summed E-state index contributed by atoms with van der Waals surface area (Å²) >= 11 is 0. The minimum absolute atomic E-state index is 0.297. The number of rotatable bonds is 1. The van der Waals surface area contributed by atoms with Crippen LogP contribution in [0.3, 0.4) is 0 Å². The van der Waals surface area contributed by atoms with Crippen molar-refractivity contribution >= 4 is 17.4 Å². The zero-order valence-corrected chi connectivity index (χ0v) is 9.00. The van der Waals surface area contributed by atoms with Crippen LogP contribution in [0.2, 0.25) is 0 Å². The number of anilines is 2. The van der Waals surface area contributed by atoms with Crippen LogP contribution in [0.1, 0.15) is 19.3 Å². The molecule has 0 bridgehead atoms.